The molecule has 1 aliphatic carbocycles. The SMILES string of the molecule is Cc1cccc(CC(=O)Nc2ccc(NC3CCCCC3)cn2)c1. The lowest BCUT2D eigenvalue weighted by Gasteiger charge is -2.23. The van der Waals surface area contributed by atoms with Gasteiger partial charge in [-0.15, -0.1) is 0 Å². The van der Waals surface area contributed by atoms with E-state index < -0.39 is 0 Å². The Bertz CT molecular complexity index is 676. The van der Waals surface area contributed by atoms with E-state index in [1.54, 1.807) is 6.20 Å². The van der Waals surface area contributed by atoms with Gasteiger partial charge in [0.2, 0.25) is 5.91 Å². The first-order chi connectivity index (χ1) is 11.7. The molecular weight excluding hydrogens is 298 g/mol. The Labute approximate surface area is 143 Å². The summed E-state index contributed by atoms with van der Waals surface area (Å²) >= 11 is 0. The fraction of sp³-hybridized carbons (Fsp3) is 0.400. The molecule has 4 nitrogen and oxygen atoms in total. The molecule has 126 valence electrons. The smallest absolute Gasteiger partial charge is 0.229 e. The maximum Gasteiger partial charge on any atom is 0.229 e. The van der Waals surface area contributed by atoms with Crippen molar-refractivity contribution in [2.45, 2.75) is 51.5 Å². The third kappa shape index (κ3) is 4.82. The van der Waals surface area contributed by atoms with Gasteiger partial charge in [0.1, 0.15) is 5.82 Å². The molecule has 2 N–H and O–H groups in total. The second-order valence-electron chi connectivity index (χ2n) is 6.63. The highest BCUT2D eigenvalue weighted by Gasteiger charge is 2.13. The highest BCUT2D eigenvalue weighted by molar-refractivity contribution is 5.91. The van der Waals surface area contributed by atoms with E-state index >= 15 is 0 Å². The first kappa shape index (κ1) is 16.5. The summed E-state index contributed by atoms with van der Waals surface area (Å²) in [7, 11) is 0. The van der Waals surface area contributed by atoms with Crippen LogP contribution in [0.3, 0.4) is 0 Å². The van der Waals surface area contributed by atoms with Crippen LogP contribution in [0.4, 0.5) is 11.5 Å². The predicted molar refractivity (Wildman–Crippen MR) is 98.2 cm³/mol. The van der Waals surface area contributed by atoms with Crippen LogP contribution >= 0.6 is 0 Å². The van der Waals surface area contributed by atoms with Crippen LogP contribution in [0.25, 0.3) is 0 Å². The molecule has 3 rings (SSSR count). The number of aromatic nitrogens is 1. The van der Waals surface area contributed by atoms with Gasteiger partial charge in [-0.05, 0) is 37.5 Å². The molecule has 0 radical (unpaired) electrons. The summed E-state index contributed by atoms with van der Waals surface area (Å²) in [5.41, 5.74) is 3.21. The maximum absolute atomic E-state index is 12.1. The number of carbonyl (C=O) groups is 1. The van der Waals surface area contributed by atoms with Crippen molar-refractivity contribution in [1.29, 1.82) is 0 Å². The number of amides is 1. The van der Waals surface area contributed by atoms with Gasteiger partial charge in [-0.25, -0.2) is 4.98 Å². The van der Waals surface area contributed by atoms with Crippen molar-refractivity contribution in [2.75, 3.05) is 10.6 Å². The minimum absolute atomic E-state index is 0.0407. The topological polar surface area (TPSA) is 54.0 Å². The molecule has 1 saturated carbocycles. The number of aryl methyl sites for hydroxylation is 1. The van der Waals surface area contributed by atoms with Crippen LogP contribution in [-0.2, 0) is 11.2 Å². The van der Waals surface area contributed by atoms with E-state index in [0.717, 1.165) is 16.8 Å². The zero-order chi connectivity index (χ0) is 16.8. The number of hydrogen-bond donors (Lipinski definition) is 2. The Kier molecular flexibility index (Phi) is 5.47. The molecule has 0 aliphatic heterocycles. The number of carbonyl (C=O) groups excluding carboxylic acids is 1. The second-order valence-corrected chi connectivity index (χ2v) is 6.63. The fourth-order valence-electron chi connectivity index (χ4n) is 3.23. The number of anilines is 2. The zero-order valence-electron chi connectivity index (χ0n) is 14.2. The number of hydrogen-bond acceptors (Lipinski definition) is 3. The van der Waals surface area contributed by atoms with Crippen LogP contribution < -0.4 is 10.6 Å². The molecule has 1 heterocycles. The maximum atomic E-state index is 12.1. The van der Waals surface area contributed by atoms with E-state index in [0.29, 0.717) is 18.3 Å². The Morgan fingerprint density at radius 1 is 1.17 bits per heavy atom. The summed E-state index contributed by atoms with van der Waals surface area (Å²) in [4.78, 5) is 16.5. The number of benzene rings is 1. The summed E-state index contributed by atoms with van der Waals surface area (Å²) in [5, 5.41) is 6.40. The van der Waals surface area contributed by atoms with Crippen molar-refractivity contribution >= 4 is 17.4 Å². The molecule has 0 bridgehead atoms. The van der Waals surface area contributed by atoms with Gasteiger partial charge in [0.25, 0.3) is 0 Å². The highest BCUT2D eigenvalue weighted by Crippen LogP contribution is 2.21. The summed E-state index contributed by atoms with van der Waals surface area (Å²) in [6.45, 7) is 2.03. The van der Waals surface area contributed by atoms with Crippen molar-refractivity contribution in [3.05, 3.63) is 53.7 Å². The quantitative estimate of drug-likeness (QED) is 0.862. The summed E-state index contributed by atoms with van der Waals surface area (Å²) < 4.78 is 0. The predicted octanol–water partition coefficient (Wildman–Crippen LogP) is 4.32. The lowest BCUT2D eigenvalue weighted by molar-refractivity contribution is -0.115. The average Bonchev–Trinajstić information content (AvgIpc) is 2.57. The fourth-order valence-corrected chi connectivity index (χ4v) is 3.23. The minimum Gasteiger partial charge on any atom is -0.381 e. The van der Waals surface area contributed by atoms with E-state index in [9.17, 15) is 4.79 Å². The zero-order valence-corrected chi connectivity index (χ0v) is 14.2. The van der Waals surface area contributed by atoms with Gasteiger partial charge in [-0.3, -0.25) is 4.79 Å². The van der Waals surface area contributed by atoms with Crippen LogP contribution in [0, 0.1) is 6.92 Å². The molecule has 0 unspecified atom stereocenters. The lowest BCUT2D eigenvalue weighted by Crippen LogP contribution is -2.22. The summed E-state index contributed by atoms with van der Waals surface area (Å²) in [5.74, 6) is 0.558. The van der Waals surface area contributed by atoms with Gasteiger partial charge in [-0.1, -0.05) is 49.1 Å². The molecular formula is C20H25N3O. The number of nitrogens with one attached hydrogen (secondary N) is 2. The molecule has 0 atom stereocenters. The molecule has 24 heavy (non-hydrogen) atoms. The molecule has 1 aromatic carbocycles. The van der Waals surface area contributed by atoms with Gasteiger partial charge in [0.05, 0.1) is 18.3 Å². The van der Waals surface area contributed by atoms with Crippen LogP contribution in [-0.4, -0.2) is 16.9 Å². The average molecular weight is 323 g/mol. The Morgan fingerprint density at radius 2 is 2.00 bits per heavy atom. The number of pyridine rings is 1. The molecule has 2 aromatic rings. The van der Waals surface area contributed by atoms with Gasteiger partial charge in [0, 0.05) is 6.04 Å². The van der Waals surface area contributed by atoms with Gasteiger partial charge in [0.15, 0.2) is 0 Å². The Morgan fingerprint density at radius 3 is 2.71 bits per heavy atom. The first-order valence-corrected chi connectivity index (χ1v) is 8.77. The molecule has 4 heteroatoms. The van der Waals surface area contributed by atoms with Crippen molar-refractivity contribution in [1.82, 2.24) is 4.98 Å². The second kappa shape index (κ2) is 7.95. The third-order valence-electron chi connectivity index (χ3n) is 4.45. The summed E-state index contributed by atoms with van der Waals surface area (Å²) in [6, 6.07) is 12.4. The van der Waals surface area contributed by atoms with E-state index in [2.05, 4.69) is 15.6 Å². The van der Waals surface area contributed by atoms with Gasteiger partial charge >= 0.3 is 0 Å². The monoisotopic (exact) mass is 323 g/mol. The lowest BCUT2D eigenvalue weighted by atomic mass is 9.95. The molecule has 1 amide bonds. The first-order valence-electron chi connectivity index (χ1n) is 8.77. The van der Waals surface area contributed by atoms with Crippen LogP contribution in [0.2, 0.25) is 0 Å². The number of nitrogens with zero attached hydrogens (tertiary/aromatic N) is 1. The minimum atomic E-state index is -0.0407. The van der Waals surface area contributed by atoms with Gasteiger partial charge < -0.3 is 10.6 Å². The van der Waals surface area contributed by atoms with Gasteiger partial charge in [-0.2, -0.15) is 0 Å². The largest absolute Gasteiger partial charge is 0.381 e. The Hall–Kier alpha value is -2.36. The normalized spacial score (nSPS) is 15.0. The van der Waals surface area contributed by atoms with Crippen molar-refractivity contribution < 1.29 is 4.79 Å². The third-order valence-corrected chi connectivity index (χ3v) is 4.45. The Balaban J connectivity index is 1.52. The molecule has 1 fully saturated rings. The molecule has 1 aliphatic rings. The van der Waals surface area contributed by atoms with Crippen molar-refractivity contribution in [3.63, 3.8) is 0 Å². The number of rotatable bonds is 5. The van der Waals surface area contributed by atoms with Crippen molar-refractivity contribution in [3.8, 4) is 0 Å². The molecule has 0 saturated heterocycles. The summed E-state index contributed by atoms with van der Waals surface area (Å²) in [6.07, 6.45) is 8.59. The van der Waals surface area contributed by atoms with E-state index in [-0.39, 0.29) is 5.91 Å². The van der Waals surface area contributed by atoms with Crippen LogP contribution in [0.1, 0.15) is 43.2 Å². The van der Waals surface area contributed by atoms with Crippen molar-refractivity contribution in [2.24, 2.45) is 0 Å². The van der Waals surface area contributed by atoms with E-state index in [1.807, 2.05) is 43.3 Å². The van der Waals surface area contributed by atoms with Crippen LogP contribution in [0.5, 0.6) is 0 Å². The van der Waals surface area contributed by atoms with E-state index in [1.165, 1.54) is 32.1 Å². The van der Waals surface area contributed by atoms with Crippen LogP contribution in [0.15, 0.2) is 42.6 Å². The molecule has 0 spiro atoms. The van der Waals surface area contributed by atoms with E-state index in [4.69, 9.17) is 0 Å². The standard InChI is InChI=1S/C20H25N3O/c1-15-6-5-7-16(12-15)13-20(24)23-19-11-10-18(14-21-19)22-17-8-3-2-4-9-17/h5-7,10-12,14,17,22H,2-4,8-9,13H2,1H3,(H,21,23,24). The highest BCUT2D eigenvalue weighted by atomic mass is 16.1. The molecule has 1 aromatic heterocycles.